The Kier molecular flexibility index (Phi) is 23.6. The van der Waals surface area contributed by atoms with E-state index in [9.17, 15) is 29.1 Å². The second-order valence-electron chi connectivity index (χ2n) is 14.5. The number of ketones is 1. The van der Waals surface area contributed by atoms with E-state index in [2.05, 4.69) is 24.1 Å². The number of allylic oxidation sites excluding steroid dienone is 1. The van der Waals surface area contributed by atoms with E-state index < -0.39 is 53.4 Å². The Morgan fingerprint density at radius 3 is 2.09 bits per heavy atom. The number of benzene rings is 1. The van der Waals surface area contributed by atoms with Crippen LogP contribution in [0.4, 0.5) is 0 Å². The van der Waals surface area contributed by atoms with Crippen LogP contribution in [0.5, 0.6) is 5.75 Å². The molecule has 1 rings (SSSR count). The topological polar surface area (TPSA) is 155 Å². The van der Waals surface area contributed by atoms with Gasteiger partial charge in [0.25, 0.3) is 0 Å². The lowest BCUT2D eigenvalue weighted by molar-refractivity contribution is -0.186. The molecule has 0 aliphatic carbocycles. The van der Waals surface area contributed by atoms with E-state index in [-0.39, 0.29) is 26.2 Å². The number of aliphatic hydroxyl groups is 1. The molecule has 1 aromatic rings. The third-order valence-electron chi connectivity index (χ3n) is 8.54. The van der Waals surface area contributed by atoms with E-state index in [4.69, 9.17) is 18.9 Å². The molecule has 0 heterocycles. The lowest BCUT2D eigenvalue weighted by atomic mass is 9.82. The molecule has 1 aromatic carbocycles. The van der Waals surface area contributed by atoms with E-state index in [1.165, 1.54) is 32.3 Å². The highest BCUT2D eigenvalue weighted by atomic mass is 16.6. The third kappa shape index (κ3) is 20.3. The number of amides is 1. The number of carbonyl (C=O) groups excluding carboxylic acids is 5. The van der Waals surface area contributed by atoms with Gasteiger partial charge in [-0.1, -0.05) is 75.7 Å². The average Bonchev–Trinajstić information content (AvgIpc) is 3.10. The fourth-order valence-corrected chi connectivity index (χ4v) is 5.63. The molecule has 0 spiro atoms. The first-order valence-corrected chi connectivity index (χ1v) is 19.5. The van der Waals surface area contributed by atoms with Gasteiger partial charge in [-0.05, 0) is 78.0 Å². The summed E-state index contributed by atoms with van der Waals surface area (Å²) in [5.74, 6) is 1.75. The van der Waals surface area contributed by atoms with Gasteiger partial charge in [0, 0.05) is 32.6 Å². The van der Waals surface area contributed by atoms with Gasteiger partial charge in [0.15, 0.2) is 5.60 Å². The summed E-state index contributed by atoms with van der Waals surface area (Å²) in [6.45, 7) is 11.6. The van der Waals surface area contributed by atoms with Crippen molar-refractivity contribution in [2.24, 2.45) is 5.92 Å². The molecule has 11 heteroatoms. The second-order valence-corrected chi connectivity index (χ2v) is 14.5. The molecule has 0 aliphatic rings. The fourth-order valence-electron chi connectivity index (χ4n) is 5.63. The molecule has 0 saturated heterocycles. The molecule has 0 aliphatic heterocycles. The monoisotopic (exact) mass is 755 g/mol. The molecular weight excluding hydrogens is 690 g/mol. The van der Waals surface area contributed by atoms with Gasteiger partial charge in [-0.2, -0.15) is 0 Å². The number of unbranched alkanes of at least 4 members (excludes halogenated alkanes) is 8. The van der Waals surface area contributed by atoms with E-state index in [0.717, 1.165) is 38.5 Å². The Hall–Kier alpha value is -4.17. The van der Waals surface area contributed by atoms with Crippen molar-refractivity contribution in [2.45, 2.75) is 156 Å². The van der Waals surface area contributed by atoms with Gasteiger partial charge in [-0.3, -0.25) is 14.4 Å². The molecule has 11 nitrogen and oxygen atoms in total. The Balaban J connectivity index is 3.21. The van der Waals surface area contributed by atoms with Crippen LogP contribution in [-0.2, 0) is 44.6 Å². The zero-order valence-corrected chi connectivity index (χ0v) is 33.8. The molecule has 3 atom stereocenters. The average molecular weight is 756 g/mol. The number of esters is 3. The summed E-state index contributed by atoms with van der Waals surface area (Å²) in [6, 6.07) is 5.80. The Morgan fingerprint density at radius 2 is 1.52 bits per heavy atom. The molecule has 302 valence electrons. The highest BCUT2D eigenvalue weighted by Crippen LogP contribution is 2.29. The van der Waals surface area contributed by atoms with Gasteiger partial charge in [0.2, 0.25) is 5.91 Å². The molecule has 0 unspecified atom stereocenters. The SMILES string of the molecule is CC#CCOc1ccc(C[C@H](NC(=O)[C@@H](C=CCCCCCCC(=O)CCCCCCC)[C@@](O)(CCOC(C)=O)C(=O)OC(C)(C)C)C(=O)OCC)cc1. The Morgan fingerprint density at radius 1 is 0.889 bits per heavy atom. The summed E-state index contributed by atoms with van der Waals surface area (Å²) >= 11 is 0. The van der Waals surface area contributed by atoms with Crippen LogP contribution >= 0.6 is 0 Å². The fraction of sp³-hybridized carbons (Fsp3) is 0.651. The standard InChI is InChI=1S/C43H65NO10/c1-8-11-13-16-19-22-35(46)23-20-17-14-15-18-21-24-37(43(50,29-31-52-33(4)45)41(49)54-42(5,6)7)39(47)44-38(40(48)51-10-3)32-34-25-27-36(28-26-34)53-30-12-9-2/h21,24-28,37-38,50H,8,10-11,13-20,22-23,29-32H2,1-7H3,(H,44,47)/t37-,38+,43+/m1/s1. The smallest absolute Gasteiger partial charge is 0.339 e. The zero-order valence-electron chi connectivity index (χ0n) is 33.8. The maximum absolute atomic E-state index is 14.2. The molecule has 0 fully saturated rings. The maximum Gasteiger partial charge on any atom is 0.339 e. The molecule has 0 radical (unpaired) electrons. The van der Waals surface area contributed by atoms with Crippen LogP contribution in [0.25, 0.3) is 0 Å². The second kappa shape index (κ2) is 26.6. The van der Waals surface area contributed by atoms with Crippen molar-refractivity contribution in [1.29, 1.82) is 0 Å². The van der Waals surface area contributed by atoms with E-state index in [1.807, 2.05) is 0 Å². The zero-order chi connectivity index (χ0) is 40.4. The van der Waals surface area contributed by atoms with Crippen LogP contribution in [0.15, 0.2) is 36.4 Å². The summed E-state index contributed by atoms with van der Waals surface area (Å²) in [7, 11) is 0. The number of hydrogen-bond donors (Lipinski definition) is 2. The van der Waals surface area contributed by atoms with Crippen molar-refractivity contribution in [3.05, 3.63) is 42.0 Å². The number of carbonyl (C=O) groups is 5. The van der Waals surface area contributed by atoms with Crippen LogP contribution in [0, 0.1) is 17.8 Å². The number of Topliss-reactive ketones (excluding diaryl/α,β-unsaturated/α-hetero) is 1. The number of rotatable bonds is 27. The number of ether oxygens (including phenoxy) is 4. The molecule has 0 saturated carbocycles. The van der Waals surface area contributed by atoms with Gasteiger partial charge < -0.3 is 29.4 Å². The molecule has 1 amide bonds. The number of nitrogens with one attached hydrogen (secondary N) is 1. The summed E-state index contributed by atoms with van der Waals surface area (Å²) in [4.78, 5) is 64.8. The normalized spacial score (nSPS) is 13.5. The van der Waals surface area contributed by atoms with Crippen molar-refractivity contribution in [3.63, 3.8) is 0 Å². The lowest BCUT2D eigenvalue weighted by Gasteiger charge is -2.35. The largest absolute Gasteiger partial charge is 0.481 e. The van der Waals surface area contributed by atoms with Crippen LogP contribution < -0.4 is 10.1 Å². The van der Waals surface area contributed by atoms with E-state index in [0.29, 0.717) is 36.4 Å². The van der Waals surface area contributed by atoms with Gasteiger partial charge in [0.05, 0.1) is 19.1 Å². The minimum atomic E-state index is -2.46. The summed E-state index contributed by atoms with van der Waals surface area (Å²) in [5.41, 5.74) is -2.78. The molecular formula is C43H65NO10. The third-order valence-corrected chi connectivity index (χ3v) is 8.54. The predicted octanol–water partition coefficient (Wildman–Crippen LogP) is 7.15. The first-order chi connectivity index (χ1) is 25.7. The van der Waals surface area contributed by atoms with E-state index >= 15 is 0 Å². The van der Waals surface area contributed by atoms with Gasteiger partial charge in [-0.15, -0.1) is 5.92 Å². The molecule has 54 heavy (non-hydrogen) atoms. The Labute approximate surface area is 323 Å². The number of hydrogen-bond acceptors (Lipinski definition) is 10. The highest BCUT2D eigenvalue weighted by Gasteiger charge is 2.49. The highest BCUT2D eigenvalue weighted by molar-refractivity contribution is 5.93. The van der Waals surface area contributed by atoms with Crippen LogP contribution in [0.3, 0.4) is 0 Å². The minimum absolute atomic E-state index is 0.0513. The van der Waals surface area contributed by atoms with Crippen LogP contribution in [0.2, 0.25) is 0 Å². The van der Waals surface area contributed by atoms with Crippen LogP contribution in [0.1, 0.15) is 138 Å². The van der Waals surface area contributed by atoms with Crippen molar-refractivity contribution in [1.82, 2.24) is 5.32 Å². The van der Waals surface area contributed by atoms with Crippen molar-refractivity contribution in [3.8, 4) is 17.6 Å². The Bertz CT molecular complexity index is 1390. The van der Waals surface area contributed by atoms with Gasteiger partial charge >= 0.3 is 17.9 Å². The maximum atomic E-state index is 14.2. The summed E-state index contributed by atoms with van der Waals surface area (Å²) in [6.07, 6.45) is 13.4. The van der Waals surface area contributed by atoms with Crippen molar-refractivity contribution >= 4 is 29.6 Å². The van der Waals surface area contributed by atoms with Gasteiger partial charge in [-0.25, -0.2) is 9.59 Å². The van der Waals surface area contributed by atoms with E-state index in [1.54, 1.807) is 65.0 Å². The summed E-state index contributed by atoms with van der Waals surface area (Å²) < 4.78 is 21.5. The lowest BCUT2D eigenvalue weighted by Crippen LogP contribution is -2.56. The molecule has 0 bridgehead atoms. The summed E-state index contributed by atoms with van der Waals surface area (Å²) in [5, 5.41) is 14.7. The molecule has 2 N–H and O–H groups in total. The van der Waals surface area contributed by atoms with Gasteiger partial charge in [0.1, 0.15) is 29.8 Å². The minimum Gasteiger partial charge on any atom is -0.481 e. The first-order valence-electron chi connectivity index (χ1n) is 19.5. The van der Waals surface area contributed by atoms with Crippen molar-refractivity contribution in [2.75, 3.05) is 19.8 Å². The predicted molar refractivity (Wildman–Crippen MR) is 208 cm³/mol. The first kappa shape index (κ1) is 47.9. The molecule has 0 aromatic heterocycles. The quantitative estimate of drug-likeness (QED) is 0.0311. The van der Waals surface area contributed by atoms with Crippen LogP contribution in [-0.4, -0.2) is 71.8 Å². The van der Waals surface area contributed by atoms with Crippen molar-refractivity contribution < 1.29 is 48.0 Å².